The van der Waals surface area contributed by atoms with Crippen LogP contribution in [0.3, 0.4) is 0 Å². The fraction of sp³-hybridized carbons (Fsp3) is 0.684. The number of ether oxygens (including phenoxy) is 1. The highest BCUT2D eigenvalue weighted by Gasteiger charge is 2.39. The third-order valence-electron chi connectivity index (χ3n) is 5.55. The number of aromatic nitrogens is 1. The zero-order valence-corrected chi connectivity index (χ0v) is 15.5. The van der Waals surface area contributed by atoms with Crippen LogP contribution in [0.5, 0.6) is 0 Å². The molecular formula is C19H30N4O2. The maximum Gasteiger partial charge on any atom is 0.255 e. The van der Waals surface area contributed by atoms with Gasteiger partial charge in [-0.15, -0.1) is 0 Å². The largest absolute Gasteiger partial charge is 0.381 e. The van der Waals surface area contributed by atoms with Gasteiger partial charge in [0.25, 0.3) is 5.91 Å². The molecule has 0 aromatic carbocycles. The highest BCUT2D eigenvalue weighted by atomic mass is 16.5. The molecule has 0 bridgehead atoms. The Kier molecular flexibility index (Phi) is 5.91. The minimum atomic E-state index is -0.0420. The molecule has 0 spiro atoms. The number of pyridine rings is 1. The van der Waals surface area contributed by atoms with Crippen LogP contribution >= 0.6 is 0 Å². The minimum absolute atomic E-state index is 0.0365. The van der Waals surface area contributed by atoms with Gasteiger partial charge in [0.2, 0.25) is 0 Å². The van der Waals surface area contributed by atoms with E-state index in [1.54, 1.807) is 12.4 Å². The number of piperidine rings is 1. The van der Waals surface area contributed by atoms with E-state index < -0.39 is 0 Å². The quantitative estimate of drug-likeness (QED) is 0.883. The molecule has 3 rings (SSSR count). The molecule has 0 radical (unpaired) electrons. The molecular weight excluding hydrogens is 316 g/mol. The second kappa shape index (κ2) is 8.15. The molecule has 25 heavy (non-hydrogen) atoms. The maximum absolute atomic E-state index is 12.8. The number of carbonyl (C=O) groups is 1. The van der Waals surface area contributed by atoms with Crippen LogP contribution in [0.2, 0.25) is 0 Å². The van der Waals surface area contributed by atoms with Gasteiger partial charge in [-0.1, -0.05) is 6.42 Å². The molecule has 2 aliphatic heterocycles. The second-order valence-electron chi connectivity index (χ2n) is 7.35. The smallest absolute Gasteiger partial charge is 0.255 e. The Bertz CT molecular complexity index is 579. The van der Waals surface area contributed by atoms with E-state index in [1.807, 2.05) is 25.1 Å². The summed E-state index contributed by atoms with van der Waals surface area (Å²) in [6.07, 6.45) is 9.18. The number of likely N-dealkylation sites (tertiary alicyclic amines) is 1. The Balaban J connectivity index is 1.72. The van der Waals surface area contributed by atoms with Crippen LogP contribution in [-0.2, 0) is 4.74 Å². The predicted molar refractivity (Wildman–Crippen MR) is 99.1 cm³/mol. The van der Waals surface area contributed by atoms with Gasteiger partial charge in [-0.25, -0.2) is 0 Å². The molecule has 0 atom stereocenters. The predicted octanol–water partition coefficient (Wildman–Crippen LogP) is 1.91. The molecule has 1 aromatic rings. The molecule has 0 aliphatic carbocycles. The Morgan fingerprint density at radius 2 is 2.00 bits per heavy atom. The van der Waals surface area contributed by atoms with Gasteiger partial charge < -0.3 is 15.0 Å². The Morgan fingerprint density at radius 1 is 1.28 bits per heavy atom. The normalized spacial score (nSPS) is 20.9. The number of anilines is 1. The van der Waals surface area contributed by atoms with Gasteiger partial charge in [0.1, 0.15) is 0 Å². The summed E-state index contributed by atoms with van der Waals surface area (Å²) >= 11 is 0. The first-order valence-corrected chi connectivity index (χ1v) is 9.35. The lowest BCUT2D eigenvalue weighted by Gasteiger charge is -2.48. The fourth-order valence-electron chi connectivity index (χ4n) is 4.02. The molecule has 2 fully saturated rings. The molecule has 0 unspecified atom stereocenters. The summed E-state index contributed by atoms with van der Waals surface area (Å²) < 4.78 is 5.60. The van der Waals surface area contributed by atoms with Crippen LogP contribution in [0, 0.1) is 0 Å². The number of hydrogen-bond acceptors (Lipinski definition) is 5. The van der Waals surface area contributed by atoms with E-state index in [0.29, 0.717) is 12.1 Å². The number of hydrogen-bond donors (Lipinski definition) is 1. The zero-order chi connectivity index (χ0) is 17.7. The van der Waals surface area contributed by atoms with Crippen LogP contribution in [0.15, 0.2) is 18.5 Å². The van der Waals surface area contributed by atoms with Crippen molar-refractivity contribution in [3.8, 4) is 0 Å². The summed E-state index contributed by atoms with van der Waals surface area (Å²) in [5.74, 6) is -0.0420. The average Bonchev–Trinajstić information content (AvgIpc) is 2.67. The van der Waals surface area contributed by atoms with Gasteiger partial charge in [-0.3, -0.25) is 14.7 Å². The van der Waals surface area contributed by atoms with Crippen LogP contribution < -0.4 is 10.2 Å². The Labute approximate surface area is 150 Å². The first kappa shape index (κ1) is 18.1. The number of carbonyl (C=O) groups excluding carboxylic acids is 1. The third-order valence-corrected chi connectivity index (χ3v) is 5.55. The van der Waals surface area contributed by atoms with E-state index in [1.165, 1.54) is 19.3 Å². The van der Waals surface area contributed by atoms with Crippen molar-refractivity contribution in [1.29, 1.82) is 0 Å². The van der Waals surface area contributed by atoms with E-state index in [9.17, 15) is 4.79 Å². The molecule has 0 saturated carbocycles. The highest BCUT2D eigenvalue weighted by Crippen LogP contribution is 2.30. The van der Waals surface area contributed by atoms with Crippen molar-refractivity contribution in [3.63, 3.8) is 0 Å². The maximum atomic E-state index is 12.8. The third kappa shape index (κ3) is 4.12. The number of nitrogens with one attached hydrogen (secondary N) is 1. The van der Waals surface area contributed by atoms with Gasteiger partial charge in [-0.05, 0) is 44.8 Å². The number of nitrogens with zero attached hydrogens (tertiary/aromatic N) is 3. The molecule has 6 heteroatoms. The summed E-state index contributed by atoms with van der Waals surface area (Å²) in [5, 5.41) is 3.20. The summed E-state index contributed by atoms with van der Waals surface area (Å²) in [4.78, 5) is 21.5. The molecule has 3 heterocycles. The van der Waals surface area contributed by atoms with Crippen molar-refractivity contribution < 1.29 is 9.53 Å². The molecule has 138 valence electrons. The first-order chi connectivity index (χ1) is 12.1. The van der Waals surface area contributed by atoms with Gasteiger partial charge in [0.05, 0.1) is 11.3 Å². The van der Waals surface area contributed by atoms with E-state index >= 15 is 0 Å². The monoisotopic (exact) mass is 346 g/mol. The van der Waals surface area contributed by atoms with E-state index in [4.69, 9.17) is 4.74 Å². The van der Waals surface area contributed by atoms with Gasteiger partial charge in [-0.2, -0.15) is 0 Å². The minimum Gasteiger partial charge on any atom is -0.381 e. The first-order valence-electron chi connectivity index (χ1n) is 9.35. The van der Waals surface area contributed by atoms with Crippen LogP contribution in [0.4, 0.5) is 5.69 Å². The van der Waals surface area contributed by atoms with E-state index in [0.717, 1.165) is 44.8 Å². The molecule has 6 nitrogen and oxygen atoms in total. The van der Waals surface area contributed by atoms with Crippen molar-refractivity contribution in [2.75, 3.05) is 51.8 Å². The zero-order valence-electron chi connectivity index (χ0n) is 15.5. The summed E-state index contributed by atoms with van der Waals surface area (Å²) in [6.45, 7) is 4.50. The lowest BCUT2D eigenvalue weighted by atomic mass is 9.86. The van der Waals surface area contributed by atoms with Crippen LogP contribution in [0.1, 0.15) is 42.5 Å². The fourth-order valence-corrected chi connectivity index (χ4v) is 4.02. The van der Waals surface area contributed by atoms with E-state index in [-0.39, 0.29) is 11.4 Å². The lowest BCUT2D eigenvalue weighted by molar-refractivity contribution is -0.0349. The molecule has 2 aliphatic rings. The van der Waals surface area contributed by atoms with Crippen molar-refractivity contribution in [2.24, 2.45) is 0 Å². The van der Waals surface area contributed by atoms with E-state index in [2.05, 4.69) is 15.2 Å². The van der Waals surface area contributed by atoms with Crippen molar-refractivity contribution >= 4 is 11.6 Å². The SMILES string of the molecule is CN(C)c1ccncc1C(=O)NCC1(N2CCCCC2)CCOCC1. The Hall–Kier alpha value is -1.66. The average molecular weight is 346 g/mol. The lowest BCUT2D eigenvalue weighted by Crippen LogP contribution is -2.59. The van der Waals surface area contributed by atoms with Gasteiger partial charge in [0.15, 0.2) is 0 Å². The second-order valence-corrected chi connectivity index (χ2v) is 7.35. The van der Waals surface area contributed by atoms with Crippen LogP contribution in [0.25, 0.3) is 0 Å². The molecule has 2 saturated heterocycles. The summed E-state index contributed by atoms with van der Waals surface area (Å²) in [5.41, 5.74) is 1.56. The molecule has 1 N–H and O–H groups in total. The standard InChI is InChI=1S/C19H30N4O2/c1-22(2)17-6-9-20-14-16(17)18(24)21-15-19(7-12-25-13-8-19)23-10-4-3-5-11-23/h6,9,14H,3-5,7-8,10-13,15H2,1-2H3,(H,21,24). The number of rotatable bonds is 5. The van der Waals surface area contributed by atoms with Gasteiger partial charge >= 0.3 is 0 Å². The van der Waals surface area contributed by atoms with Crippen molar-refractivity contribution in [3.05, 3.63) is 24.0 Å². The van der Waals surface area contributed by atoms with Crippen LogP contribution in [-0.4, -0.2) is 68.3 Å². The van der Waals surface area contributed by atoms with Crippen molar-refractivity contribution in [1.82, 2.24) is 15.2 Å². The topological polar surface area (TPSA) is 57.7 Å². The van der Waals surface area contributed by atoms with Crippen molar-refractivity contribution in [2.45, 2.75) is 37.6 Å². The van der Waals surface area contributed by atoms with Gasteiger partial charge in [0, 0.05) is 51.8 Å². The summed E-state index contributed by atoms with van der Waals surface area (Å²) in [7, 11) is 3.89. The summed E-state index contributed by atoms with van der Waals surface area (Å²) in [6, 6.07) is 1.88. The number of amides is 1. The molecule has 1 amide bonds. The Morgan fingerprint density at radius 3 is 2.68 bits per heavy atom. The molecule has 1 aromatic heterocycles. The highest BCUT2D eigenvalue weighted by molar-refractivity contribution is 5.99.